The summed E-state index contributed by atoms with van der Waals surface area (Å²) in [6.45, 7) is 2.19. The lowest BCUT2D eigenvalue weighted by atomic mass is 10.1. The minimum atomic E-state index is -0.166. The average Bonchev–Trinajstić information content (AvgIpc) is 3.06. The lowest BCUT2D eigenvalue weighted by Gasteiger charge is -2.07. The summed E-state index contributed by atoms with van der Waals surface area (Å²) >= 11 is 1.32. The third kappa shape index (κ3) is 4.95. The second-order valence-electron chi connectivity index (χ2n) is 6.36. The summed E-state index contributed by atoms with van der Waals surface area (Å²) in [5, 5.41) is 3.40. The fourth-order valence-electron chi connectivity index (χ4n) is 2.79. The van der Waals surface area contributed by atoms with Crippen molar-refractivity contribution in [2.24, 2.45) is 4.99 Å². The zero-order valence-corrected chi connectivity index (χ0v) is 17.1. The van der Waals surface area contributed by atoms with E-state index in [1.165, 1.54) is 30.2 Å². The fourth-order valence-corrected chi connectivity index (χ4v) is 3.63. The van der Waals surface area contributed by atoms with Crippen LogP contribution in [-0.2, 0) is 11.2 Å². The number of carbonyl (C=O) groups excluding carboxylic acids is 1. The molecule has 1 aliphatic rings. The highest BCUT2D eigenvalue weighted by Crippen LogP contribution is 2.32. The van der Waals surface area contributed by atoms with Gasteiger partial charge in [-0.05, 0) is 60.5 Å². The molecule has 0 aromatic heterocycles. The van der Waals surface area contributed by atoms with E-state index in [9.17, 15) is 4.79 Å². The van der Waals surface area contributed by atoms with Gasteiger partial charge in [0.05, 0.1) is 24.8 Å². The van der Waals surface area contributed by atoms with Crippen LogP contribution in [0.3, 0.4) is 0 Å². The van der Waals surface area contributed by atoms with Crippen LogP contribution >= 0.6 is 11.8 Å². The highest BCUT2D eigenvalue weighted by Gasteiger charge is 2.24. The summed E-state index contributed by atoms with van der Waals surface area (Å²) in [5.41, 5.74) is 2.94. The Morgan fingerprint density at radius 3 is 2.57 bits per heavy atom. The van der Waals surface area contributed by atoms with Gasteiger partial charge in [0.1, 0.15) is 11.5 Å². The van der Waals surface area contributed by atoms with Crippen molar-refractivity contribution in [3.63, 3.8) is 0 Å². The molecule has 2 aromatic rings. The van der Waals surface area contributed by atoms with Gasteiger partial charge >= 0.3 is 0 Å². The molecular formula is C22H24N2O3S. The molecule has 1 saturated heterocycles. The summed E-state index contributed by atoms with van der Waals surface area (Å²) in [6, 6.07) is 13.6. The van der Waals surface area contributed by atoms with Crippen molar-refractivity contribution in [1.82, 2.24) is 5.32 Å². The maximum absolute atomic E-state index is 12.3. The molecule has 6 heteroatoms. The van der Waals surface area contributed by atoms with Gasteiger partial charge in [-0.1, -0.05) is 25.5 Å². The number of ether oxygens (including phenoxy) is 2. The van der Waals surface area contributed by atoms with Crippen molar-refractivity contribution < 1.29 is 14.3 Å². The number of hydrogen-bond donors (Lipinski definition) is 1. The van der Waals surface area contributed by atoms with Crippen LogP contribution in [0.4, 0.5) is 5.69 Å². The summed E-state index contributed by atoms with van der Waals surface area (Å²) in [7, 11) is 3.20. The Morgan fingerprint density at radius 1 is 1.11 bits per heavy atom. The van der Waals surface area contributed by atoms with E-state index in [2.05, 4.69) is 29.4 Å². The Hall–Kier alpha value is -2.73. The van der Waals surface area contributed by atoms with E-state index in [1.54, 1.807) is 26.4 Å². The number of nitrogens with one attached hydrogen (secondary N) is 1. The highest BCUT2D eigenvalue weighted by atomic mass is 32.2. The first-order valence-electron chi connectivity index (χ1n) is 9.23. The van der Waals surface area contributed by atoms with Crippen LogP contribution < -0.4 is 14.8 Å². The topological polar surface area (TPSA) is 59.9 Å². The number of aryl methyl sites for hydroxylation is 1. The van der Waals surface area contributed by atoms with Gasteiger partial charge in [-0.25, -0.2) is 4.99 Å². The number of benzene rings is 2. The minimum Gasteiger partial charge on any atom is -0.497 e. The molecule has 0 bridgehead atoms. The Kier molecular flexibility index (Phi) is 6.76. The molecule has 0 unspecified atom stereocenters. The van der Waals surface area contributed by atoms with E-state index in [0.29, 0.717) is 21.6 Å². The number of thioether (sulfide) groups is 1. The van der Waals surface area contributed by atoms with Crippen molar-refractivity contribution in [3.8, 4) is 11.5 Å². The predicted molar refractivity (Wildman–Crippen MR) is 115 cm³/mol. The van der Waals surface area contributed by atoms with Gasteiger partial charge < -0.3 is 14.8 Å². The molecule has 1 N–H and O–H groups in total. The molecule has 3 rings (SSSR count). The predicted octanol–water partition coefficient (Wildman–Crippen LogP) is 4.94. The lowest BCUT2D eigenvalue weighted by Crippen LogP contribution is -2.19. The van der Waals surface area contributed by atoms with Gasteiger partial charge in [-0.3, -0.25) is 4.79 Å². The number of methoxy groups -OCH3 is 2. The van der Waals surface area contributed by atoms with Crippen LogP contribution in [0.1, 0.15) is 30.9 Å². The second kappa shape index (κ2) is 9.46. The molecule has 1 amide bonds. The van der Waals surface area contributed by atoms with E-state index >= 15 is 0 Å². The molecule has 0 spiro atoms. The first-order valence-corrected chi connectivity index (χ1v) is 10.0. The standard InChI is InChI=1S/C22H24N2O3S/c1-4-5-6-15-7-10-17(11-8-15)23-22-24-21(25)20(28-22)13-16-9-12-18(26-2)14-19(16)27-3/h7-14H,4-6H2,1-3H3,(H,23,24,25)/b20-13-. The monoisotopic (exact) mass is 396 g/mol. The molecule has 5 nitrogen and oxygen atoms in total. The number of carbonyl (C=O) groups is 1. The SMILES string of the molecule is CCCCc1ccc(N=C2NC(=O)/C(=C/c3ccc(OC)cc3OC)S2)cc1. The fraction of sp³-hybridized carbons (Fsp3) is 0.273. The Morgan fingerprint density at radius 2 is 1.89 bits per heavy atom. The van der Waals surface area contributed by atoms with E-state index in [-0.39, 0.29) is 5.91 Å². The molecule has 0 radical (unpaired) electrons. The minimum absolute atomic E-state index is 0.166. The van der Waals surface area contributed by atoms with Gasteiger partial charge in [0.25, 0.3) is 5.91 Å². The first-order chi connectivity index (χ1) is 13.6. The number of aliphatic imine (C=N–C) groups is 1. The zero-order valence-electron chi connectivity index (χ0n) is 16.3. The average molecular weight is 397 g/mol. The third-order valence-electron chi connectivity index (χ3n) is 4.36. The van der Waals surface area contributed by atoms with Crippen LogP contribution in [0.2, 0.25) is 0 Å². The number of unbranched alkanes of at least 4 members (excludes halogenated alkanes) is 1. The van der Waals surface area contributed by atoms with Crippen LogP contribution in [0.5, 0.6) is 11.5 Å². The van der Waals surface area contributed by atoms with Gasteiger partial charge in [0.15, 0.2) is 5.17 Å². The molecule has 0 aliphatic carbocycles. The van der Waals surface area contributed by atoms with Crippen LogP contribution in [0.15, 0.2) is 52.4 Å². The molecule has 0 saturated carbocycles. The van der Waals surface area contributed by atoms with E-state index in [4.69, 9.17) is 9.47 Å². The summed E-state index contributed by atoms with van der Waals surface area (Å²) < 4.78 is 10.6. The molecular weight excluding hydrogens is 372 g/mol. The number of rotatable bonds is 7. The maximum Gasteiger partial charge on any atom is 0.264 e. The van der Waals surface area contributed by atoms with Gasteiger partial charge in [-0.2, -0.15) is 0 Å². The second-order valence-corrected chi connectivity index (χ2v) is 7.39. The first kappa shape index (κ1) is 20.0. The lowest BCUT2D eigenvalue weighted by molar-refractivity contribution is -0.115. The van der Waals surface area contributed by atoms with Crippen LogP contribution in [0.25, 0.3) is 6.08 Å². The van der Waals surface area contributed by atoms with Crippen molar-refractivity contribution >= 4 is 34.6 Å². The molecule has 1 aliphatic heterocycles. The van der Waals surface area contributed by atoms with Gasteiger partial charge in [0.2, 0.25) is 0 Å². The maximum atomic E-state index is 12.3. The van der Waals surface area contributed by atoms with Crippen molar-refractivity contribution in [2.45, 2.75) is 26.2 Å². The number of amides is 1. The largest absolute Gasteiger partial charge is 0.497 e. The molecule has 0 atom stereocenters. The molecule has 1 heterocycles. The van der Waals surface area contributed by atoms with Crippen molar-refractivity contribution in [1.29, 1.82) is 0 Å². The Labute approximate surface area is 169 Å². The normalized spacial score (nSPS) is 16.5. The Bertz CT molecular complexity index is 904. The van der Waals surface area contributed by atoms with Gasteiger partial charge in [0, 0.05) is 11.6 Å². The quantitative estimate of drug-likeness (QED) is 0.674. The number of hydrogen-bond acceptors (Lipinski definition) is 5. The smallest absolute Gasteiger partial charge is 0.264 e. The van der Waals surface area contributed by atoms with Crippen molar-refractivity contribution in [3.05, 3.63) is 58.5 Å². The number of nitrogens with zero attached hydrogens (tertiary/aromatic N) is 1. The Balaban J connectivity index is 1.76. The summed E-state index contributed by atoms with van der Waals surface area (Å²) in [4.78, 5) is 17.4. The number of amidine groups is 1. The van der Waals surface area contributed by atoms with E-state index < -0.39 is 0 Å². The van der Waals surface area contributed by atoms with E-state index in [1.807, 2.05) is 24.3 Å². The summed E-state index contributed by atoms with van der Waals surface area (Å²) in [5.74, 6) is 1.18. The van der Waals surface area contributed by atoms with Crippen LogP contribution in [0, 0.1) is 0 Å². The summed E-state index contributed by atoms with van der Waals surface area (Å²) in [6.07, 6.45) is 5.24. The highest BCUT2D eigenvalue weighted by molar-refractivity contribution is 8.18. The van der Waals surface area contributed by atoms with Crippen LogP contribution in [-0.4, -0.2) is 25.3 Å². The zero-order chi connectivity index (χ0) is 19.9. The van der Waals surface area contributed by atoms with E-state index in [0.717, 1.165) is 17.7 Å². The molecule has 146 valence electrons. The molecule has 1 fully saturated rings. The van der Waals surface area contributed by atoms with Crippen molar-refractivity contribution in [2.75, 3.05) is 14.2 Å². The molecule has 28 heavy (non-hydrogen) atoms. The molecule has 2 aromatic carbocycles. The third-order valence-corrected chi connectivity index (χ3v) is 5.27. The van der Waals surface area contributed by atoms with Gasteiger partial charge in [-0.15, -0.1) is 0 Å².